The first-order valence-electron chi connectivity index (χ1n) is 8.19. The van der Waals surface area contributed by atoms with E-state index >= 15 is 0 Å². The highest BCUT2D eigenvalue weighted by molar-refractivity contribution is 5.49. The summed E-state index contributed by atoms with van der Waals surface area (Å²) in [6.07, 6.45) is -9.01. The Morgan fingerprint density at radius 1 is 0.571 bits per heavy atom. The molecule has 3 rings (SSSR count). The number of alkyl halides is 6. The van der Waals surface area contributed by atoms with Crippen molar-refractivity contribution in [3.05, 3.63) is 101 Å². The van der Waals surface area contributed by atoms with Gasteiger partial charge in [0.2, 0.25) is 0 Å². The smallest absolute Gasteiger partial charge is 0.416 e. The van der Waals surface area contributed by atoms with Crippen molar-refractivity contribution in [1.29, 1.82) is 0 Å². The molecule has 0 saturated heterocycles. The van der Waals surface area contributed by atoms with Gasteiger partial charge in [0.05, 0.1) is 11.1 Å². The van der Waals surface area contributed by atoms with Crippen molar-refractivity contribution < 1.29 is 31.4 Å². The molecule has 0 fully saturated rings. The van der Waals surface area contributed by atoms with Crippen LogP contribution in [-0.4, -0.2) is 5.11 Å². The molecule has 3 aromatic carbocycles. The minimum atomic E-state index is -4.50. The first kappa shape index (κ1) is 19.8. The van der Waals surface area contributed by atoms with Gasteiger partial charge in [-0.2, -0.15) is 26.3 Å². The molecule has 0 saturated carbocycles. The molecule has 7 heteroatoms. The highest BCUT2D eigenvalue weighted by Gasteiger charge is 2.32. The van der Waals surface area contributed by atoms with E-state index in [2.05, 4.69) is 0 Å². The SMILES string of the molecule is Oc1ccccc1C(c1ccc(C(F)(F)F)cc1)c1ccc(C(F)(F)F)cc1. The second-order valence-corrected chi connectivity index (χ2v) is 6.23. The zero-order valence-corrected chi connectivity index (χ0v) is 14.2. The zero-order chi connectivity index (χ0) is 20.5. The first-order valence-corrected chi connectivity index (χ1v) is 8.19. The minimum Gasteiger partial charge on any atom is -0.508 e. The predicted molar refractivity (Wildman–Crippen MR) is 91.9 cm³/mol. The number of hydrogen-bond acceptors (Lipinski definition) is 1. The number of rotatable bonds is 3. The quantitative estimate of drug-likeness (QED) is 0.390. The van der Waals surface area contributed by atoms with Crippen LogP contribution in [0.2, 0.25) is 0 Å². The molecule has 0 aliphatic heterocycles. The van der Waals surface area contributed by atoms with Crippen LogP contribution >= 0.6 is 0 Å². The molecule has 0 aliphatic rings. The van der Waals surface area contributed by atoms with Gasteiger partial charge in [-0.25, -0.2) is 0 Å². The normalized spacial score (nSPS) is 12.4. The van der Waals surface area contributed by atoms with E-state index in [1.807, 2.05) is 0 Å². The maximum absolute atomic E-state index is 12.8. The van der Waals surface area contributed by atoms with Gasteiger partial charge < -0.3 is 5.11 Å². The minimum absolute atomic E-state index is 0.104. The number of phenols is 1. The van der Waals surface area contributed by atoms with E-state index in [0.717, 1.165) is 24.3 Å². The van der Waals surface area contributed by atoms with E-state index in [1.54, 1.807) is 18.2 Å². The third-order valence-electron chi connectivity index (χ3n) is 4.39. The van der Waals surface area contributed by atoms with E-state index in [9.17, 15) is 31.4 Å². The van der Waals surface area contributed by atoms with Crippen molar-refractivity contribution in [3.63, 3.8) is 0 Å². The van der Waals surface area contributed by atoms with E-state index in [1.165, 1.54) is 30.3 Å². The maximum Gasteiger partial charge on any atom is 0.416 e. The third-order valence-corrected chi connectivity index (χ3v) is 4.39. The molecule has 0 amide bonds. The summed E-state index contributed by atoms with van der Waals surface area (Å²) in [5.74, 6) is -0.835. The van der Waals surface area contributed by atoms with Gasteiger partial charge in [0.15, 0.2) is 0 Å². The fraction of sp³-hybridized carbons (Fsp3) is 0.143. The standard InChI is InChI=1S/C21H14F6O/c22-20(23,24)15-9-5-13(6-10-15)19(17-3-1-2-4-18(17)28)14-7-11-16(12-8-14)21(25,26)27/h1-12,19,28H. The Labute approximate surface area is 156 Å². The average Bonchev–Trinajstić information content (AvgIpc) is 2.63. The molecular weight excluding hydrogens is 382 g/mol. The van der Waals surface area contributed by atoms with Gasteiger partial charge in [-0.15, -0.1) is 0 Å². The molecule has 0 unspecified atom stereocenters. The van der Waals surface area contributed by atoms with Crippen LogP contribution < -0.4 is 0 Å². The lowest BCUT2D eigenvalue weighted by atomic mass is 9.84. The van der Waals surface area contributed by atoms with Crippen molar-refractivity contribution in [2.24, 2.45) is 0 Å². The largest absolute Gasteiger partial charge is 0.508 e. The summed E-state index contributed by atoms with van der Waals surface area (Å²) in [5.41, 5.74) is -0.468. The number of aromatic hydroxyl groups is 1. The van der Waals surface area contributed by atoms with Gasteiger partial charge in [0.25, 0.3) is 0 Å². The highest BCUT2D eigenvalue weighted by Crippen LogP contribution is 2.39. The predicted octanol–water partition coefficient (Wildman–Crippen LogP) is 6.61. The van der Waals surface area contributed by atoms with Gasteiger partial charge in [-0.1, -0.05) is 42.5 Å². The van der Waals surface area contributed by atoms with E-state index in [0.29, 0.717) is 16.7 Å². The van der Waals surface area contributed by atoms with E-state index in [-0.39, 0.29) is 5.75 Å². The molecule has 0 bridgehead atoms. The number of phenolic OH excluding ortho intramolecular Hbond substituents is 1. The fourth-order valence-electron chi connectivity index (χ4n) is 3.01. The summed E-state index contributed by atoms with van der Waals surface area (Å²) in [6, 6.07) is 14.9. The number of benzene rings is 3. The summed E-state index contributed by atoms with van der Waals surface area (Å²) in [5, 5.41) is 10.2. The number of para-hydroxylation sites is 1. The van der Waals surface area contributed by atoms with Crippen molar-refractivity contribution in [1.82, 2.24) is 0 Å². The fourth-order valence-corrected chi connectivity index (χ4v) is 3.01. The van der Waals surface area contributed by atoms with Crippen LogP contribution in [0.4, 0.5) is 26.3 Å². The monoisotopic (exact) mass is 396 g/mol. The molecule has 0 radical (unpaired) electrons. The maximum atomic E-state index is 12.8. The van der Waals surface area contributed by atoms with Crippen LogP contribution in [0.15, 0.2) is 72.8 Å². The molecule has 1 nitrogen and oxygen atoms in total. The Balaban J connectivity index is 2.10. The molecular formula is C21H14F6O. The topological polar surface area (TPSA) is 20.2 Å². The van der Waals surface area contributed by atoms with Crippen LogP contribution in [0, 0.1) is 0 Å². The van der Waals surface area contributed by atoms with Gasteiger partial charge in [0.1, 0.15) is 5.75 Å². The lowest BCUT2D eigenvalue weighted by Gasteiger charge is -2.21. The second kappa shape index (κ2) is 7.22. The molecule has 0 aliphatic carbocycles. The average molecular weight is 396 g/mol. The molecule has 3 aromatic rings. The number of halogens is 6. The second-order valence-electron chi connectivity index (χ2n) is 6.23. The summed E-state index contributed by atoms with van der Waals surface area (Å²) < 4.78 is 77.0. The Morgan fingerprint density at radius 3 is 1.32 bits per heavy atom. The molecule has 0 heterocycles. The molecule has 1 N–H and O–H groups in total. The van der Waals surface area contributed by atoms with Gasteiger partial charge in [0, 0.05) is 11.5 Å². The first-order chi connectivity index (χ1) is 13.1. The Morgan fingerprint density at radius 2 is 0.964 bits per heavy atom. The van der Waals surface area contributed by atoms with Crippen molar-refractivity contribution in [2.75, 3.05) is 0 Å². The summed E-state index contributed by atoms with van der Waals surface area (Å²) in [6.45, 7) is 0. The van der Waals surface area contributed by atoms with Crippen LogP contribution in [0.25, 0.3) is 0 Å². The van der Waals surface area contributed by atoms with Crippen molar-refractivity contribution >= 4 is 0 Å². The molecule has 0 spiro atoms. The van der Waals surface area contributed by atoms with Crippen LogP contribution in [0.3, 0.4) is 0 Å². The molecule has 146 valence electrons. The Bertz CT molecular complexity index is 883. The summed E-state index contributed by atoms with van der Waals surface area (Å²) >= 11 is 0. The van der Waals surface area contributed by atoms with E-state index < -0.39 is 29.4 Å². The molecule has 0 atom stereocenters. The van der Waals surface area contributed by atoms with Crippen molar-refractivity contribution in [3.8, 4) is 5.75 Å². The summed E-state index contributed by atoms with van der Waals surface area (Å²) in [7, 11) is 0. The lowest BCUT2D eigenvalue weighted by molar-refractivity contribution is -0.138. The number of hydrogen-bond donors (Lipinski definition) is 1. The highest BCUT2D eigenvalue weighted by atomic mass is 19.4. The van der Waals surface area contributed by atoms with E-state index in [4.69, 9.17) is 0 Å². The molecule has 28 heavy (non-hydrogen) atoms. The lowest BCUT2D eigenvalue weighted by Crippen LogP contribution is -2.09. The Hall–Kier alpha value is -2.96. The van der Waals surface area contributed by atoms with Crippen molar-refractivity contribution in [2.45, 2.75) is 18.3 Å². The molecule has 0 aromatic heterocycles. The Kier molecular flexibility index (Phi) is 5.10. The van der Waals surface area contributed by atoms with Gasteiger partial charge in [-0.05, 0) is 41.5 Å². The summed E-state index contributed by atoms with van der Waals surface area (Å²) in [4.78, 5) is 0. The van der Waals surface area contributed by atoms with Crippen LogP contribution in [0.1, 0.15) is 33.7 Å². The van der Waals surface area contributed by atoms with Gasteiger partial charge in [-0.3, -0.25) is 0 Å². The van der Waals surface area contributed by atoms with Crippen LogP contribution in [-0.2, 0) is 12.4 Å². The van der Waals surface area contributed by atoms with Gasteiger partial charge >= 0.3 is 12.4 Å². The third kappa shape index (κ3) is 4.13. The zero-order valence-electron chi connectivity index (χ0n) is 14.2. The van der Waals surface area contributed by atoms with Crippen LogP contribution in [0.5, 0.6) is 5.75 Å².